The molecule has 0 saturated carbocycles. The van der Waals surface area contributed by atoms with Gasteiger partial charge in [-0.15, -0.1) is 0 Å². The summed E-state index contributed by atoms with van der Waals surface area (Å²) in [6.45, 7) is 15.6. The third-order valence-corrected chi connectivity index (χ3v) is 12.7. The summed E-state index contributed by atoms with van der Waals surface area (Å²) in [5, 5.41) is 42.2. The number of nitrogens with one attached hydrogen (secondary N) is 4. The minimum Gasteiger partial charge on any atom is -0.871 e. The van der Waals surface area contributed by atoms with Gasteiger partial charge in [0.25, 0.3) is 0 Å². The van der Waals surface area contributed by atoms with Gasteiger partial charge in [0.05, 0.1) is 32.6 Å². The Morgan fingerprint density at radius 3 is 1.97 bits per heavy atom. The van der Waals surface area contributed by atoms with Crippen LogP contribution in [0.1, 0.15) is 72.4 Å². The van der Waals surface area contributed by atoms with Crippen LogP contribution in [0.15, 0.2) is 114 Å². The van der Waals surface area contributed by atoms with Crippen molar-refractivity contribution in [2.75, 3.05) is 22.1 Å². The maximum absolute atomic E-state index is 14.6. The van der Waals surface area contributed by atoms with E-state index >= 15 is 0 Å². The predicted molar refractivity (Wildman–Crippen MR) is 237 cm³/mol. The highest BCUT2D eigenvalue weighted by molar-refractivity contribution is 6.52. The van der Waals surface area contributed by atoms with Crippen molar-refractivity contribution in [3.05, 3.63) is 147 Å². The van der Waals surface area contributed by atoms with Gasteiger partial charge in [-0.25, -0.2) is 9.98 Å². The first-order chi connectivity index (χ1) is 29.2. The van der Waals surface area contributed by atoms with Gasteiger partial charge < -0.3 is 25.7 Å². The maximum Gasteiger partial charge on any atom is 0.231 e. The molecule has 9 nitrogen and oxygen atoms in total. The molecule has 3 heterocycles. The second kappa shape index (κ2) is 13.6. The molecule has 9 heteroatoms. The second-order valence-corrected chi connectivity index (χ2v) is 18.4. The normalized spacial score (nSPS) is 23.9. The third-order valence-electron chi connectivity index (χ3n) is 12.7. The number of ketones is 2. The van der Waals surface area contributed by atoms with E-state index < -0.39 is 11.3 Å². The number of hydrogen-bond acceptors (Lipinski definition) is 7. The lowest BCUT2D eigenvalue weighted by molar-refractivity contribution is -0.581. The van der Waals surface area contributed by atoms with Gasteiger partial charge in [0, 0.05) is 78.5 Å². The maximum atomic E-state index is 14.6. The molecule has 0 bridgehead atoms. The van der Waals surface area contributed by atoms with Gasteiger partial charge in [0.15, 0.2) is 11.6 Å². The molecule has 2 unspecified atom stereocenters. The lowest BCUT2D eigenvalue weighted by Gasteiger charge is -2.35. The van der Waals surface area contributed by atoms with Crippen LogP contribution in [0, 0.1) is 11.8 Å². The molecule has 0 aromatic heterocycles. The number of carbonyl (C=O) groups excluding carboxylic acids is 2. The number of nitrogens with zero attached hydrogens (tertiary/aromatic N) is 1. The number of anilines is 3. The SMILES string of the molecule is CCN1C=C/C(=C\C2=C([O-])C(=c3\ccc4ccc(C5=C([O-])/C(=c6\ccc7cccc8c7c6=[NH+]C(C)(CC(C)C)N8)C5=O)c5c4c3=[NH+]C(C)(CC(C)C)N5)/C2=O)c2ccccc21. The summed E-state index contributed by atoms with van der Waals surface area (Å²) in [5.41, 5.74) is 4.23. The van der Waals surface area contributed by atoms with Gasteiger partial charge in [-0.3, -0.25) is 9.59 Å². The molecule has 0 spiro atoms. The average Bonchev–Trinajstić information content (AvgIpc) is 3.21. The number of para-hydroxylation sites is 1. The van der Waals surface area contributed by atoms with Crippen molar-refractivity contribution >= 4 is 72.5 Å². The summed E-state index contributed by atoms with van der Waals surface area (Å²) in [7, 11) is 0. The molecule has 4 N–H and O–H groups in total. The number of carbonyl (C=O) groups is 2. The Kier molecular flexibility index (Phi) is 8.60. The van der Waals surface area contributed by atoms with Crippen molar-refractivity contribution in [3.63, 3.8) is 0 Å². The Morgan fingerprint density at radius 2 is 1.31 bits per heavy atom. The molecule has 5 aromatic rings. The molecule has 0 radical (unpaired) electrons. The van der Waals surface area contributed by atoms with E-state index in [2.05, 4.69) is 67.1 Å². The zero-order chi connectivity index (χ0) is 42.7. The minimum atomic E-state index is -0.743. The van der Waals surface area contributed by atoms with Crippen LogP contribution in [0.3, 0.4) is 0 Å². The smallest absolute Gasteiger partial charge is 0.231 e. The third kappa shape index (κ3) is 5.88. The Hall–Kier alpha value is -6.74. The molecule has 5 aromatic carbocycles. The molecule has 61 heavy (non-hydrogen) atoms. The molecular formula is C52H49N5O4. The Labute approximate surface area is 354 Å². The van der Waals surface area contributed by atoms with Crippen LogP contribution in [-0.4, -0.2) is 29.4 Å². The van der Waals surface area contributed by atoms with Crippen LogP contribution < -0.4 is 56.9 Å². The van der Waals surface area contributed by atoms with E-state index in [-0.39, 0.29) is 51.3 Å². The van der Waals surface area contributed by atoms with E-state index in [1.54, 1.807) is 6.08 Å². The van der Waals surface area contributed by atoms with E-state index in [1.165, 1.54) is 0 Å². The number of rotatable bonds is 7. The summed E-state index contributed by atoms with van der Waals surface area (Å²) in [6, 6.07) is 25.5. The lowest BCUT2D eigenvalue weighted by Crippen LogP contribution is -2.95. The van der Waals surface area contributed by atoms with Crippen molar-refractivity contribution in [2.45, 2.75) is 72.6 Å². The van der Waals surface area contributed by atoms with Gasteiger partial charge in [-0.2, -0.15) is 0 Å². The zero-order valence-electron chi connectivity index (χ0n) is 35.6. The van der Waals surface area contributed by atoms with E-state index in [9.17, 15) is 19.8 Å². The topological polar surface area (TPSA) is 136 Å². The first kappa shape index (κ1) is 38.5. The fourth-order valence-electron chi connectivity index (χ4n) is 10.5. The summed E-state index contributed by atoms with van der Waals surface area (Å²) >= 11 is 0. The number of benzene rings is 5. The molecule has 0 amide bonds. The number of allylic oxidation sites excluding steroid dienone is 7. The van der Waals surface area contributed by atoms with Crippen LogP contribution >= 0.6 is 0 Å². The Bertz CT molecular complexity index is 3240. The zero-order valence-corrected chi connectivity index (χ0v) is 35.6. The molecule has 0 saturated heterocycles. The average molecular weight is 808 g/mol. The highest BCUT2D eigenvalue weighted by atomic mass is 16.3. The van der Waals surface area contributed by atoms with Crippen LogP contribution in [0.25, 0.3) is 43.8 Å². The molecule has 2 aliphatic carbocycles. The molecular weight excluding hydrogens is 759 g/mol. The van der Waals surface area contributed by atoms with E-state index in [0.717, 1.165) is 62.4 Å². The molecule has 10 rings (SSSR count). The van der Waals surface area contributed by atoms with Crippen LogP contribution in [0.4, 0.5) is 17.1 Å². The van der Waals surface area contributed by atoms with E-state index in [1.807, 2.05) is 98.1 Å². The van der Waals surface area contributed by atoms with Gasteiger partial charge in [-0.1, -0.05) is 93.8 Å². The molecule has 2 atom stereocenters. The van der Waals surface area contributed by atoms with Crippen LogP contribution in [0.5, 0.6) is 0 Å². The Balaban J connectivity index is 1.17. The summed E-state index contributed by atoms with van der Waals surface area (Å²) in [5.74, 6) is -0.606. The largest absolute Gasteiger partial charge is 0.871 e. The van der Waals surface area contributed by atoms with E-state index in [4.69, 9.17) is 0 Å². The minimum absolute atomic E-state index is 0.122. The fraction of sp³-hybridized carbons (Fsp3) is 0.269. The van der Waals surface area contributed by atoms with Crippen molar-refractivity contribution in [3.8, 4) is 0 Å². The molecule has 3 aliphatic heterocycles. The van der Waals surface area contributed by atoms with Crippen molar-refractivity contribution in [2.24, 2.45) is 11.8 Å². The van der Waals surface area contributed by atoms with Gasteiger partial charge in [0.2, 0.25) is 22.0 Å². The van der Waals surface area contributed by atoms with E-state index in [0.29, 0.717) is 39.4 Å². The standard InChI is InChI=1S/C52H49N5O4/c1-8-57-23-22-31(32-13-9-10-15-38(32)57)24-36-47(58)41(48(36)59)33-20-17-30-18-21-35(46-40(30)45(33)55-52(7,56-46)26-28(4)5)43-49(60)42(50(43)61)34-19-16-29-12-11-14-37-39(29)44(34)54-51(6,53-37)25-27(2)3/h9-24,27-28,53,56,58,60H,8,25-26H2,1-7H3/b31-24+,41-33-,42-34-. The summed E-state index contributed by atoms with van der Waals surface area (Å²) < 4.78 is 0. The van der Waals surface area contributed by atoms with Crippen LogP contribution in [0.2, 0.25) is 0 Å². The molecule has 5 aliphatic rings. The number of fused-ring (bicyclic) bond motifs is 1. The first-order valence-electron chi connectivity index (χ1n) is 21.4. The van der Waals surface area contributed by atoms with Crippen LogP contribution in [-0.2, 0) is 9.59 Å². The fourth-order valence-corrected chi connectivity index (χ4v) is 10.5. The van der Waals surface area contributed by atoms with Gasteiger partial charge in [0.1, 0.15) is 0 Å². The second-order valence-electron chi connectivity index (χ2n) is 18.4. The van der Waals surface area contributed by atoms with Crippen molar-refractivity contribution < 1.29 is 29.8 Å². The monoisotopic (exact) mass is 807 g/mol. The quantitative estimate of drug-likeness (QED) is 0.198. The van der Waals surface area contributed by atoms with Gasteiger partial charge >= 0.3 is 0 Å². The molecule has 306 valence electrons. The predicted octanol–water partition coefficient (Wildman–Crippen LogP) is 2.06. The molecule has 0 fully saturated rings. The lowest BCUT2D eigenvalue weighted by atomic mass is 9.79. The highest BCUT2D eigenvalue weighted by Gasteiger charge is 2.41. The van der Waals surface area contributed by atoms with Crippen molar-refractivity contribution in [1.29, 1.82) is 0 Å². The number of Topliss-reactive ketones (excluding diaryl/α,β-unsaturated/α-hetero) is 2. The number of hydrogen-bond donors (Lipinski definition) is 4. The van der Waals surface area contributed by atoms with Gasteiger partial charge in [-0.05, 0) is 71.5 Å². The summed E-state index contributed by atoms with van der Waals surface area (Å²) in [4.78, 5) is 38.3. The first-order valence-corrected chi connectivity index (χ1v) is 21.4. The Morgan fingerprint density at radius 1 is 0.689 bits per heavy atom. The van der Waals surface area contributed by atoms with Crippen molar-refractivity contribution in [1.82, 2.24) is 0 Å². The highest BCUT2D eigenvalue weighted by Crippen LogP contribution is 2.42. The summed E-state index contributed by atoms with van der Waals surface area (Å²) in [6.07, 6.45) is 7.13.